The number of ether oxygens (including phenoxy) is 1. The third kappa shape index (κ3) is 2.73. The lowest BCUT2D eigenvalue weighted by Gasteiger charge is -2.27. The van der Waals surface area contributed by atoms with Gasteiger partial charge in [0.1, 0.15) is 19.6 Å². The van der Waals surface area contributed by atoms with Crippen molar-refractivity contribution in [2.45, 2.75) is 32.9 Å². The third-order valence-corrected chi connectivity index (χ3v) is 12.6. The van der Waals surface area contributed by atoms with Crippen LogP contribution in [-0.4, -0.2) is 13.1 Å². The molecule has 1 aliphatic heterocycles. The van der Waals surface area contributed by atoms with Crippen LogP contribution in [0.25, 0.3) is 32.1 Å². The summed E-state index contributed by atoms with van der Waals surface area (Å²) in [6.45, 7) is 9.37. The Morgan fingerprint density at radius 1 is 0.906 bits per heavy atom. The van der Waals surface area contributed by atoms with Gasteiger partial charge >= 0.3 is 0 Å². The molecule has 0 fully saturated rings. The number of pyridine rings is 1. The van der Waals surface area contributed by atoms with Gasteiger partial charge in [-0.05, 0) is 28.8 Å². The van der Waals surface area contributed by atoms with Gasteiger partial charge in [0.15, 0.2) is 0 Å². The lowest BCUT2D eigenvalue weighted by atomic mass is 9.89. The first-order valence-electron chi connectivity index (χ1n) is 11.2. The molecule has 1 aliphatic rings. The predicted octanol–water partition coefficient (Wildman–Crippen LogP) is 7.17. The molecule has 0 amide bonds. The van der Waals surface area contributed by atoms with Gasteiger partial charge in [0.2, 0.25) is 0 Å². The summed E-state index contributed by atoms with van der Waals surface area (Å²) in [5.41, 5.74) is 3.46. The fraction of sp³-hybridized carbons (Fsp3) is 0.179. The molecule has 0 saturated carbocycles. The monoisotopic (exact) mass is 451 g/mol. The van der Waals surface area contributed by atoms with Crippen LogP contribution in [0.3, 0.4) is 0 Å². The van der Waals surface area contributed by atoms with Crippen molar-refractivity contribution in [1.29, 1.82) is 0 Å². The first kappa shape index (κ1) is 19.7. The number of rotatable bonds is 3. The first-order chi connectivity index (χ1) is 15.5. The molecule has 0 spiro atoms. The molecule has 3 aromatic carbocycles. The molecule has 0 atom stereocenters. The fourth-order valence-electron chi connectivity index (χ4n) is 5.04. The maximum Gasteiger partial charge on any atom is 0.147 e. The fourth-order valence-corrected chi connectivity index (χ4v) is 9.65. The summed E-state index contributed by atoms with van der Waals surface area (Å²) in [7, 11) is -1.95. The van der Waals surface area contributed by atoms with Crippen LogP contribution in [0.15, 0.2) is 72.9 Å². The largest absolute Gasteiger partial charge is 0.455 e. The van der Waals surface area contributed by atoms with Gasteiger partial charge in [0.25, 0.3) is 0 Å². The number of benzene rings is 3. The second-order valence-corrected chi connectivity index (χ2v) is 15.2. The van der Waals surface area contributed by atoms with E-state index in [0.717, 1.165) is 22.8 Å². The van der Waals surface area contributed by atoms with Crippen LogP contribution in [0.2, 0.25) is 13.1 Å². The van der Waals surface area contributed by atoms with Crippen molar-refractivity contribution in [3.05, 3.63) is 78.5 Å². The summed E-state index contributed by atoms with van der Waals surface area (Å²) in [6.07, 6.45) is 1.96. The molecule has 2 nitrogen and oxygen atoms in total. The SMILES string of the molecule is CC(C)c1c2c(cc3ccccc13)-c1nccc3sc([Si](C)(C)c4ccccc4)c(c13)O2. The van der Waals surface area contributed by atoms with Crippen molar-refractivity contribution in [2.24, 2.45) is 0 Å². The van der Waals surface area contributed by atoms with E-state index < -0.39 is 8.07 Å². The van der Waals surface area contributed by atoms with Crippen LogP contribution >= 0.6 is 11.3 Å². The normalized spacial score (nSPS) is 12.9. The Hall–Kier alpha value is -2.95. The Balaban J connectivity index is 1.69. The van der Waals surface area contributed by atoms with Crippen molar-refractivity contribution >= 4 is 50.0 Å². The zero-order valence-corrected chi connectivity index (χ0v) is 20.6. The molecule has 2 aromatic heterocycles. The average molecular weight is 452 g/mol. The van der Waals surface area contributed by atoms with E-state index in [9.17, 15) is 0 Å². The number of thiophene rings is 1. The van der Waals surface area contributed by atoms with E-state index in [1.54, 1.807) is 0 Å². The van der Waals surface area contributed by atoms with Gasteiger partial charge in [-0.3, -0.25) is 4.98 Å². The molecular weight excluding hydrogens is 426 g/mol. The molecule has 0 bridgehead atoms. The number of aromatic nitrogens is 1. The Labute approximate surface area is 193 Å². The molecule has 32 heavy (non-hydrogen) atoms. The Bertz CT molecular complexity index is 1500. The van der Waals surface area contributed by atoms with E-state index in [2.05, 4.69) is 93.7 Å². The van der Waals surface area contributed by atoms with E-state index in [1.165, 1.54) is 36.1 Å². The van der Waals surface area contributed by atoms with Crippen LogP contribution in [0.1, 0.15) is 25.3 Å². The molecule has 5 aromatic rings. The van der Waals surface area contributed by atoms with Gasteiger partial charge in [0, 0.05) is 26.5 Å². The van der Waals surface area contributed by atoms with E-state index in [1.807, 2.05) is 17.5 Å². The molecule has 0 N–H and O–H groups in total. The molecule has 3 heterocycles. The standard InChI is InChI=1S/C28H25NOSSi/c1-17(2)23-20-13-9-8-10-18(20)16-21-25-24-22(14-15-29-25)31-28(27(24)30-26(21)23)32(3,4)19-11-6-5-7-12-19/h5-17H,1-4H3. The van der Waals surface area contributed by atoms with E-state index in [0.29, 0.717) is 5.92 Å². The molecular formula is C28H25NOSSi. The summed E-state index contributed by atoms with van der Waals surface area (Å²) in [5, 5.41) is 5.12. The quantitative estimate of drug-likeness (QED) is 0.266. The van der Waals surface area contributed by atoms with Gasteiger partial charge in [-0.2, -0.15) is 0 Å². The van der Waals surface area contributed by atoms with Gasteiger partial charge in [-0.25, -0.2) is 0 Å². The van der Waals surface area contributed by atoms with Gasteiger partial charge in [-0.15, -0.1) is 11.3 Å². The van der Waals surface area contributed by atoms with Gasteiger partial charge < -0.3 is 4.74 Å². The van der Waals surface area contributed by atoms with Crippen LogP contribution in [0.5, 0.6) is 11.5 Å². The van der Waals surface area contributed by atoms with Crippen LogP contribution < -0.4 is 14.4 Å². The summed E-state index contributed by atoms with van der Waals surface area (Å²) in [5.74, 6) is 2.37. The van der Waals surface area contributed by atoms with Crippen molar-refractivity contribution in [1.82, 2.24) is 4.98 Å². The van der Waals surface area contributed by atoms with Crippen molar-refractivity contribution in [3.63, 3.8) is 0 Å². The summed E-state index contributed by atoms with van der Waals surface area (Å²) in [4.78, 5) is 4.90. The van der Waals surface area contributed by atoms with Crippen molar-refractivity contribution < 1.29 is 4.74 Å². The highest BCUT2D eigenvalue weighted by molar-refractivity contribution is 7.34. The molecule has 0 aliphatic carbocycles. The van der Waals surface area contributed by atoms with Gasteiger partial charge in [0.05, 0.1) is 11.1 Å². The molecule has 4 heteroatoms. The highest BCUT2D eigenvalue weighted by Crippen LogP contribution is 2.52. The predicted molar refractivity (Wildman–Crippen MR) is 140 cm³/mol. The second-order valence-electron chi connectivity index (χ2n) is 9.43. The highest BCUT2D eigenvalue weighted by atomic mass is 32.1. The smallest absolute Gasteiger partial charge is 0.147 e. The van der Waals surface area contributed by atoms with E-state index in [4.69, 9.17) is 9.72 Å². The Morgan fingerprint density at radius 3 is 2.44 bits per heavy atom. The second kappa shape index (κ2) is 7.02. The molecule has 0 unspecified atom stereocenters. The molecule has 0 radical (unpaired) electrons. The maximum absolute atomic E-state index is 6.93. The Kier molecular flexibility index (Phi) is 4.33. The topological polar surface area (TPSA) is 22.1 Å². The van der Waals surface area contributed by atoms with Gasteiger partial charge in [-0.1, -0.05) is 86.7 Å². The Morgan fingerprint density at radius 2 is 1.66 bits per heavy atom. The van der Waals surface area contributed by atoms with Crippen LogP contribution in [0, 0.1) is 0 Å². The van der Waals surface area contributed by atoms with Crippen LogP contribution in [0.4, 0.5) is 0 Å². The van der Waals surface area contributed by atoms with E-state index >= 15 is 0 Å². The molecule has 0 saturated heterocycles. The molecule has 6 rings (SSSR count). The average Bonchev–Trinajstić information content (AvgIpc) is 3.19. The minimum Gasteiger partial charge on any atom is -0.455 e. The lowest BCUT2D eigenvalue weighted by Crippen LogP contribution is -2.51. The van der Waals surface area contributed by atoms with E-state index in [-0.39, 0.29) is 0 Å². The summed E-state index contributed by atoms with van der Waals surface area (Å²) < 4.78 is 9.59. The minimum atomic E-state index is -1.95. The summed E-state index contributed by atoms with van der Waals surface area (Å²) in [6, 6.07) is 24.0. The minimum absolute atomic E-state index is 0.345. The maximum atomic E-state index is 6.93. The molecule has 158 valence electrons. The van der Waals surface area contributed by atoms with Crippen LogP contribution in [-0.2, 0) is 0 Å². The number of hydrogen-bond acceptors (Lipinski definition) is 3. The number of fused-ring (bicyclic) bond motifs is 3. The number of nitrogens with zero attached hydrogens (tertiary/aromatic N) is 1. The third-order valence-electron chi connectivity index (χ3n) is 6.70. The zero-order chi connectivity index (χ0) is 22.0. The first-order valence-corrected chi connectivity index (χ1v) is 15.0. The lowest BCUT2D eigenvalue weighted by molar-refractivity contribution is 0.482. The zero-order valence-electron chi connectivity index (χ0n) is 18.8. The van der Waals surface area contributed by atoms with Crippen molar-refractivity contribution in [3.8, 4) is 22.8 Å². The highest BCUT2D eigenvalue weighted by Gasteiger charge is 2.37. The van der Waals surface area contributed by atoms with Crippen molar-refractivity contribution in [2.75, 3.05) is 0 Å². The summed E-state index contributed by atoms with van der Waals surface area (Å²) >= 11 is 1.89. The number of hydrogen-bond donors (Lipinski definition) is 0.